The smallest absolute Gasteiger partial charge is 0.322 e. The number of halogens is 2. The van der Waals surface area contributed by atoms with E-state index in [0.29, 0.717) is 18.4 Å². The van der Waals surface area contributed by atoms with Crippen molar-refractivity contribution in [3.8, 4) is 0 Å². The number of urea groups is 1. The van der Waals surface area contributed by atoms with E-state index >= 15 is 0 Å². The molecule has 26 heavy (non-hydrogen) atoms. The number of nitrogens with one attached hydrogen (secondary N) is 2. The number of furan rings is 1. The van der Waals surface area contributed by atoms with Crippen LogP contribution in [-0.2, 0) is 4.79 Å². The zero-order valence-electron chi connectivity index (χ0n) is 14.4. The Morgan fingerprint density at radius 2 is 1.96 bits per heavy atom. The summed E-state index contributed by atoms with van der Waals surface area (Å²) >= 11 is 0. The van der Waals surface area contributed by atoms with Crippen molar-refractivity contribution in [2.24, 2.45) is 0 Å². The van der Waals surface area contributed by atoms with Gasteiger partial charge in [0.1, 0.15) is 23.2 Å². The number of benzene rings is 1. The van der Waals surface area contributed by atoms with Crippen molar-refractivity contribution >= 4 is 17.6 Å². The van der Waals surface area contributed by atoms with Crippen molar-refractivity contribution in [3.63, 3.8) is 0 Å². The number of nitrogens with zero attached hydrogens (tertiary/aromatic N) is 1. The lowest BCUT2D eigenvalue weighted by atomic mass is 10.0. The highest BCUT2D eigenvalue weighted by Crippen LogP contribution is 2.30. The Bertz CT molecular complexity index is 837. The summed E-state index contributed by atoms with van der Waals surface area (Å²) in [6.45, 7) is 3.76. The molecule has 2 atom stereocenters. The number of anilines is 1. The first kappa shape index (κ1) is 17.9. The first-order valence-electron chi connectivity index (χ1n) is 8.18. The quantitative estimate of drug-likeness (QED) is 0.880. The Morgan fingerprint density at radius 1 is 1.19 bits per heavy atom. The molecule has 1 fully saturated rings. The average Bonchev–Trinajstić information content (AvgIpc) is 3.15. The molecule has 1 aromatic heterocycles. The summed E-state index contributed by atoms with van der Waals surface area (Å²) in [7, 11) is 0. The van der Waals surface area contributed by atoms with Gasteiger partial charge in [-0.25, -0.2) is 13.6 Å². The van der Waals surface area contributed by atoms with Crippen LogP contribution in [0.15, 0.2) is 34.7 Å². The van der Waals surface area contributed by atoms with E-state index in [1.54, 1.807) is 0 Å². The fourth-order valence-electron chi connectivity index (χ4n) is 3.10. The van der Waals surface area contributed by atoms with Crippen LogP contribution in [0.25, 0.3) is 0 Å². The van der Waals surface area contributed by atoms with E-state index in [1.165, 1.54) is 11.8 Å². The number of hydrogen-bond acceptors (Lipinski definition) is 3. The molecule has 1 saturated heterocycles. The van der Waals surface area contributed by atoms with E-state index in [2.05, 4.69) is 10.6 Å². The van der Waals surface area contributed by atoms with E-state index in [9.17, 15) is 18.4 Å². The van der Waals surface area contributed by atoms with E-state index < -0.39 is 17.7 Å². The second-order valence-electron chi connectivity index (χ2n) is 6.32. The highest BCUT2D eigenvalue weighted by atomic mass is 19.1. The van der Waals surface area contributed by atoms with Gasteiger partial charge in [0.2, 0.25) is 5.91 Å². The number of amides is 3. The van der Waals surface area contributed by atoms with Gasteiger partial charge >= 0.3 is 6.03 Å². The van der Waals surface area contributed by atoms with Crippen LogP contribution in [0.2, 0.25) is 0 Å². The lowest BCUT2D eigenvalue weighted by Gasteiger charge is -2.17. The van der Waals surface area contributed by atoms with Gasteiger partial charge in [0, 0.05) is 26.1 Å². The average molecular weight is 363 g/mol. The Balaban J connectivity index is 1.75. The fraction of sp³-hybridized carbons (Fsp3) is 0.333. The largest absolute Gasteiger partial charge is 0.466 e. The zero-order valence-corrected chi connectivity index (χ0v) is 14.4. The molecule has 0 radical (unpaired) electrons. The monoisotopic (exact) mass is 363 g/mol. The number of rotatable bonds is 3. The molecule has 0 aliphatic carbocycles. The van der Waals surface area contributed by atoms with E-state index in [-0.39, 0.29) is 30.1 Å². The predicted molar refractivity (Wildman–Crippen MR) is 90.7 cm³/mol. The van der Waals surface area contributed by atoms with Gasteiger partial charge in [-0.2, -0.15) is 0 Å². The summed E-state index contributed by atoms with van der Waals surface area (Å²) in [4.78, 5) is 25.4. The van der Waals surface area contributed by atoms with Crippen molar-refractivity contribution in [1.29, 1.82) is 0 Å². The van der Waals surface area contributed by atoms with Crippen LogP contribution in [0.3, 0.4) is 0 Å². The Hall–Kier alpha value is -2.90. The second kappa shape index (κ2) is 7.15. The van der Waals surface area contributed by atoms with Gasteiger partial charge in [-0.1, -0.05) is 0 Å². The maximum Gasteiger partial charge on any atom is 0.322 e. The minimum atomic E-state index is -0.853. The van der Waals surface area contributed by atoms with Crippen LogP contribution < -0.4 is 10.6 Å². The van der Waals surface area contributed by atoms with Crippen molar-refractivity contribution in [2.45, 2.75) is 25.8 Å². The maximum atomic E-state index is 13.7. The first-order valence-corrected chi connectivity index (χ1v) is 8.18. The van der Waals surface area contributed by atoms with Crippen LogP contribution in [0.4, 0.5) is 19.3 Å². The number of aryl methyl sites for hydroxylation is 1. The maximum absolute atomic E-state index is 13.7. The minimum absolute atomic E-state index is 0.107. The molecule has 8 heteroatoms. The second-order valence-corrected chi connectivity index (χ2v) is 6.32. The predicted octanol–water partition coefficient (Wildman–Crippen LogP) is 3.00. The van der Waals surface area contributed by atoms with Gasteiger partial charge in [-0.15, -0.1) is 0 Å². The van der Waals surface area contributed by atoms with Crippen LogP contribution in [0.1, 0.15) is 24.4 Å². The van der Waals surface area contributed by atoms with Crippen molar-refractivity contribution in [1.82, 2.24) is 10.2 Å². The molecular formula is C18H19F2N3O3. The van der Waals surface area contributed by atoms with Gasteiger partial charge in [0.15, 0.2) is 0 Å². The molecule has 2 aromatic rings. The fourth-order valence-corrected chi connectivity index (χ4v) is 3.10. The topological polar surface area (TPSA) is 74.6 Å². The van der Waals surface area contributed by atoms with E-state index in [4.69, 9.17) is 4.42 Å². The number of carbonyl (C=O) groups is 2. The molecule has 0 unspecified atom stereocenters. The van der Waals surface area contributed by atoms with Crippen LogP contribution >= 0.6 is 0 Å². The number of hydrogen-bond donors (Lipinski definition) is 2. The SMILES string of the molecule is CC(=O)N[C@@H]1CN(C(=O)Nc2ccc(F)cc2F)C[C@H]1c1ccc(C)o1. The summed E-state index contributed by atoms with van der Waals surface area (Å²) in [5.74, 6) is -0.594. The molecular weight excluding hydrogens is 344 g/mol. The molecule has 1 aliphatic rings. The third-order valence-corrected chi connectivity index (χ3v) is 4.30. The third kappa shape index (κ3) is 3.84. The first-order chi connectivity index (χ1) is 12.3. The van der Waals surface area contributed by atoms with Gasteiger partial charge in [0.05, 0.1) is 17.6 Å². The Morgan fingerprint density at radius 3 is 2.58 bits per heavy atom. The number of likely N-dealkylation sites (tertiary alicyclic amines) is 1. The standard InChI is InChI=1S/C18H19F2N3O3/c1-10-3-6-17(26-10)13-8-23(9-16(13)21-11(2)24)18(25)22-15-5-4-12(19)7-14(15)20/h3-7,13,16H,8-9H2,1-2H3,(H,21,24)(H,22,25)/t13-,16-/m1/s1. The van der Waals surface area contributed by atoms with Crippen molar-refractivity contribution < 1.29 is 22.8 Å². The summed E-state index contributed by atoms with van der Waals surface area (Å²) < 4.78 is 32.4. The molecule has 0 saturated carbocycles. The molecule has 1 aliphatic heterocycles. The summed E-state index contributed by atoms with van der Waals surface area (Å²) in [5, 5.41) is 5.26. The molecule has 6 nitrogen and oxygen atoms in total. The Kier molecular flexibility index (Phi) is 4.92. The van der Waals surface area contributed by atoms with Gasteiger partial charge < -0.3 is 20.0 Å². The molecule has 1 aromatic carbocycles. The van der Waals surface area contributed by atoms with Crippen LogP contribution in [0, 0.1) is 18.6 Å². The van der Waals surface area contributed by atoms with Crippen LogP contribution in [-0.4, -0.2) is 36.0 Å². The van der Waals surface area contributed by atoms with Gasteiger partial charge in [0.25, 0.3) is 0 Å². The lowest BCUT2D eigenvalue weighted by molar-refractivity contribution is -0.119. The van der Waals surface area contributed by atoms with E-state index in [0.717, 1.165) is 17.9 Å². The van der Waals surface area contributed by atoms with Gasteiger partial charge in [-0.3, -0.25) is 4.79 Å². The summed E-state index contributed by atoms with van der Waals surface area (Å²) in [6.07, 6.45) is 0. The highest BCUT2D eigenvalue weighted by molar-refractivity contribution is 5.90. The number of carbonyl (C=O) groups excluding carboxylic acids is 2. The molecule has 138 valence electrons. The van der Waals surface area contributed by atoms with E-state index in [1.807, 2.05) is 19.1 Å². The van der Waals surface area contributed by atoms with Crippen LogP contribution in [0.5, 0.6) is 0 Å². The molecule has 0 spiro atoms. The summed E-state index contributed by atoms with van der Waals surface area (Å²) in [5.41, 5.74) is -0.107. The Labute approximate surface area is 149 Å². The highest BCUT2D eigenvalue weighted by Gasteiger charge is 2.38. The molecule has 2 N–H and O–H groups in total. The molecule has 3 rings (SSSR count). The van der Waals surface area contributed by atoms with Gasteiger partial charge in [-0.05, 0) is 31.2 Å². The minimum Gasteiger partial charge on any atom is -0.466 e. The summed E-state index contributed by atoms with van der Waals surface area (Å²) in [6, 6.07) is 5.72. The van der Waals surface area contributed by atoms with Crippen molar-refractivity contribution in [2.75, 3.05) is 18.4 Å². The lowest BCUT2D eigenvalue weighted by Crippen LogP contribution is -2.40. The zero-order chi connectivity index (χ0) is 18.8. The molecule has 0 bridgehead atoms. The normalized spacial score (nSPS) is 19.5. The third-order valence-electron chi connectivity index (χ3n) is 4.30. The molecule has 3 amide bonds. The molecule has 2 heterocycles. The van der Waals surface area contributed by atoms with Crippen molar-refractivity contribution in [3.05, 3.63) is 53.5 Å².